The number of nitrogens with zero attached hydrogens (tertiary/aromatic N) is 2. The van der Waals surface area contributed by atoms with Crippen LogP contribution >= 0.6 is 0 Å². The van der Waals surface area contributed by atoms with Crippen LogP contribution < -0.4 is 10.0 Å². The minimum Gasteiger partial charge on any atom is -0.274 e. The van der Waals surface area contributed by atoms with Crippen LogP contribution in [0.3, 0.4) is 0 Å². The van der Waals surface area contributed by atoms with Crippen molar-refractivity contribution in [2.24, 2.45) is 5.14 Å². The van der Waals surface area contributed by atoms with Crippen molar-refractivity contribution in [2.75, 3.05) is 11.4 Å². The number of carbonyl (C=O) groups excluding carboxylic acids is 2. The number of sulfonamides is 2. The van der Waals surface area contributed by atoms with Gasteiger partial charge >= 0.3 is 0 Å². The third-order valence-electron chi connectivity index (χ3n) is 6.06. The number of rotatable bonds is 8. The molecule has 0 spiro atoms. The Morgan fingerprint density at radius 2 is 1.46 bits per heavy atom. The molecule has 1 aliphatic heterocycles. The Morgan fingerprint density at radius 3 is 2.03 bits per heavy atom. The van der Waals surface area contributed by atoms with Gasteiger partial charge in [-0.3, -0.25) is 9.59 Å². The highest BCUT2D eigenvalue weighted by Crippen LogP contribution is 2.30. The molecule has 4 rings (SSSR count). The number of hydrogen-bond donors (Lipinski definition) is 1. The van der Waals surface area contributed by atoms with Crippen molar-refractivity contribution in [1.29, 1.82) is 0 Å². The van der Waals surface area contributed by atoms with Crippen molar-refractivity contribution in [1.82, 2.24) is 4.31 Å². The van der Waals surface area contributed by atoms with E-state index in [0.29, 0.717) is 5.56 Å². The summed E-state index contributed by atoms with van der Waals surface area (Å²) in [5, 5.41) is 5.13. The van der Waals surface area contributed by atoms with Gasteiger partial charge in [0.2, 0.25) is 26.0 Å². The van der Waals surface area contributed by atoms with Gasteiger partial charge in [-0.05, 0) is 67.4 Å². The molecule has 1 aliphatic rings. The summed E-state index contributed by atoms with van der Waals surface area (Å²) in [6, 6.07) is 15.2. The summed E-state index contributed by atoms with van der Waals surface area (Å²) in [5.41, 5.74) is 1.59. The summed E-state index contributed by atoms with van der Waals surface area (Å²) in [7, 11) is -8.11. The minimum atomic E-state index is -4.21. The van der Waals surface area contributed by atoms with E-state index in [2.05, 4.69) is 0 Å². The molecule has 3 aromatic carbocycles. The molecular formula is C25H24FN3O6S2. The van der Waals surface area contributed by atoms with Crippen LogP contribution in [0.25, 0.3) is 0 Å². The molecule has 12 heteroatoms. The molecule has 37 heavy (non-hydrogen) atoms. The summed E-state index contributed by atoms with van der Waals surface area (Å²) < 4.78 is 64.8. The first-order valence-electron chi connectivity index (χ1n) is 11.2. The molecule has 1 saturated heterocycles. The average Bonchev–Trinajstić information content (AvgIpc) is 3.13. The molecule has 0 aliphatic carbocycles. The van der Waals surface area contributed by atoms with Crippen LogP contribution in [-0.2, 0) is 36.1 Å². The second-order valence-corrected chi connectivity index (χ2v) is 12.1. The van der Waals surface area contributed by atoms with E-state index in [-0.39, 0.29) is 34.9 Å². The van der Waals surface area contributed by atoms with Gasteiger partial charge in [-0.15, -0.1) is 0 Å². The van der Waals surface area contributed by atoms with Gasteiger partial charge in [-0.1, -0.05) is 29.8 Å². The van der Waals surface area contributed by atoms with Gasteiger partial charge in [-0.25, -0.2) is 31.3 Å². The maximum Gasteiger partial charge on any atom is 0.252 e. The number of amides is 2. The van der Waals surface area contributed by atoms with Gasteiger partial charge in [-0.2, -0.15) is 4.31 Å². The summed E-state index contributed by atoms with van der Waals surface area (Å²) in [6.45, 7) is 1.64. The van der Waals surface area contributed by atoms with E-state index in [0.717, 1.165) is 26.9 Å². The lowest BCUT2D eigenvalue weighted by atomic mass is 10.1. The van der Waals surface area contributed by atoms with Crippen LogP contribution in [0, 0.1) is 12.7 Å². The molecule has 9 nitrogen and oxygen atoms in total. The van der Waals surface area contributed by atoms with Crippen LogP contribution in [0.4, 0.5) is 10.1 Å². The van der Waals surface area contributed by atoms with Crippen molar-refractivity contribution < 1.29 is 30.8 Å². The van der Waals surface area contributed by atoms with Crippen molar-refractivity contribution in [3.8, 4) is 0 Å². The average molecular weight is 546 g/mol. The third kappa shape index (κ3) is 5.62. The number of hydrogen-bond acceptors (Lipinski definition) is 6. The molecule has 194 valence electrons. The number of imide groups is 1. The Bertz CT molecular complexity index is 1540. The molecular weight excluding hydrogens is 521 g/mol. The summed E-state index contributed by atoms with van der Waals surface area (Å²) in [4.78, 5) is 26.9. The monoisotopic (exact) mass is 545 g/mol. The molecule has 2 N–H and O–H groups in total. The van der Waals surface area contributed by atoms with Gasteiger partial charge in [0, 0.05) is 6.54 Å². The number of halogens is 1. The highest BCUT2D eigenvalue weighted by atomic mass is 32.2. The van der Waals surface area contributed by atoms with Crippen LogP contribution in [-0.4, -0.2) is 45.5 Å². The van der Waals surface area contributed by atoms with Gasteiger partial charge < -0.3 is 0 Å². The van der Waals surface area contributed by atoms with Gasteiger partial charge in [0.05, 0.1) is 21.9 Å². The molecule has 1 unspecified atom stereocenters. The van der Waals surface area contributed by atoms with E-state index < -0.39 is 43.7 Å². The third-order valence-corrected chi connectivity index (χ3v) is 8.91. The first-order valence-corrected chi connectivity index (χ1v) is 14.2. The highest BCUT2D eigenvalue weighted by Gasteiger charge is 2.46. The maximum absolute atomic E-state index is 13.7. The smallest absolute Gasteiger partial charge is 0.252 e. The molecule has 1 fully saturated rings. The molecule has 0 aromatic heterocycles. The van der Waals surface area contributed by atoms with Crippen molar-refractivity contribution >= 4 is 37.5 Å². The molecule has 0 saturated carbocycles. The van der Waals surface area contributed by atoms with E-state index in [1.54, 1.807) is 19.1 Å². The normalized spacial score (nSPS) is 16.5. The fraction of sp³-hybridized carbons (Fsp3) is 0.200. The predicted octanol–water partition coefficient (Wildman–Crippen LogP) is 2.35. The number of benzene rings is 3. The van der Waals surface area contributed by atoms with Crippen molar-refractivity contribution in [3.05, 3.63) is 89.7 Å². The highest BCUT2D eigenvalue weighted by molar-refractivity contribution is 7.89. The zero-order chi connectivity index (χ0) is 27.0. The SMILES string of the molecule is Cc1ccc(S(=O)(=O)N(CCc2ccc(S(N)(=O)=O)cc2)C2CC(=O)N(c3ccc(F)cc3)C2=O)cc1. The fourth-order valence-electron chi connectivity index (χ4n) is 4.08. The quantitative estimate of drug-likeness (QED) is 0.432. The standard InChI is InChI=1S/C25H24FN3O6S2/c1-17-2-10-22(11-3-17)37(34,35)28(15-14-18-4-12-21(13-5-18)36(27,32)33)23-16-24(30)29(25(23)31)20-8-6-19(26)7-9-20/h2-13,23H,14-16H2,1H3,(H2,27,32,33). The molecule has 2 amide bonds. The number of primary sulfonamides is 1. The molecule has 0 radical (unpaired) electrons. The summed E-state index contributed by atoms with van der Waals surface area (Å²) in [5.74, 6) is -1.89. The number of nitrogens with two attached hydrogens (primary N) is 1. The fourth-order valence-corrected chi connectivity index (χ4v) is 6.17. The first kappa shape index (κ1) is 26.6. The second kappa shape index (κ2) is 10.1. The van der Waals surface area contributed by atoms with Crippen LogP contribution in [0.2, 0.25) is 0 Å². The Hall–Kier alpha value is -3.45. The zero-order valence-corrected chi connectivity index (χ0v) is 21.4. The lowest BCUT2D eigenvalue weighted by molar-refractivity contribution is -0.122. The van der Waals surface area contributed by atoms with Gasteiger partial charge in [0.1, 0.15) is 11.9 Å². The van der Waals surface area contributed by atoms with E-state index in [1.807, 2.05) is 0 Å². The summed E-state index contributed by atoms with van der Waals surface area (Å²) >= 11 is 0. The lowest BCUT2D eigenvalue weighted by Crippen LogP contribution is -2.46. The van der Waals surface area contributed by atoms with Crippen molar-refractivity contribution in [3.63, 3.8) is 0 Å². The number of carbonyl (C=O) groups is 2. The van der Waals surface area contributed by atoms with Crippen molar-refractivity contribution in [2.45, 2.75) is 35.6 Å². The van der Waals surface area contributed by atoms with E-state index in [1.165, 1.54) is 48.5 Å². The van der Waals surface area contributed by atoms with Gasteiger partial charge in [0.25, 0.3) is 5.91 Å². The Kier molecular flexibility index (Phi) is 7.29. The Labute approximate surface area is 214 Å². The lowest BCUT2D eigenvalue weighted by Gasteiger charge is -2.27. The second-order valence-electron chi connectivity index (χ2n) is 8.63. The Balaban J connectivity index is 1.67. The van der Waals surface area contributed by atoms with E-state index >= 15 is 0 Å². The molecule has 1 atom stereocenters. The van der Waals surface area contributed by atoms with E-state index in [9.17, 15) is 30.8 Å². The topological polar surface area (TPSA) is 135 Å². The molecule has 0 bridgehead atoms. The van der Waals surface area contributed by atoms with Gasteiger partial charge in [0.15, 0.2) is 0 Å². The maximum atomic E-state index is 13.7. The zero-order valence-electron chi connectivity index (χ0n) is 19.7. The number of anilines is 1. The Morgan fingerprint density at radius 1 is 0.892 bits per heavy atom. The summed E-state index contributed by atoms with van der Waals surface area (Å²) in [6.07, 6.45) is -0.254. The predicted molar refractivity (Wildman–Crippen MR) is 134 cm³/mol. The largest absolute Gasteiger partial charge is 0.274 e. The van der Waals surface area contributed by atoms with E-state index in [4.69, 9.17) is 5.14 Å². The van der Waals surface area contributed by atoms with Crippen LogP contribution in [0.15, 0.2) is 82.6 Å². The first-order chi connectivity index (χ1) is 17.4. The van der Waals surface area contributed by atoms with Crippen LogP contribution in [0.1, 0.15) is 17.5 Å². The number of aryl methyl sites for hydroxylation is 1. The molecule has 3 aromatic rings. The molecule has 1 heterocycles. The minimum absolute atomic E-state index is 0.0387. The van der Waals surface area contributed by atoms with Crippen LogP contribution in [0.5, 0.6) is 0 Å².